The average Bonchev–Trinajstić information content (AvgIpc) is 3.21. The summed E-state index contributed by atoms with van der Waals surface area (Å²) in [6.07, 6.45) is 0.0462. The first-order valence-corrected chi connectivity index (χ1v) is 12.1. The van der Waals surface area contributed by atoms with E-state index in [2.05, 4.69) is 10.2 Å². The molecule has 3 heterocycles. The molecule has 0 aromatic heterocycles. The Balaban J connectivity index is 1.39. The van der Waals surface area contributed by atoms with Gasteiger partial charge >= 0.3 is 0 Å². The number of hydrogen-bond donors (Lipinski definition) is 1. The number of anilines is 1. The summed E-state index contributed by atoms with van der Waals surface area (Å²) >= 11 is 0. The minimum Gasteiger partial charge on any atom is -0.493 e. The normalized spacial score (nSPS) is 19.0. The molecular weight excluding hydrogens is 464 g/mol. The molecule has 0 saturated carbocycles. The van der Waals surface area contributed by atoms with Crippen LogP contribution in [-0.2, 0) is 9.53 Å². The predicted molar refractivity (Wildman–Crippen MR) is 131 cm³/mol. The molecule has 1 saturated heterocycles. The quantitative estimate of drug-likeness (QED) is 0.557. The summed E-state index contributed by atoms with van der Waals surface area (Å²) in [5.74, 6) is -0.140. The van der Waals surface area contributed by atoms with E-state index in [4.69, 9.17) is 14.2 Å². The number of nitrogens with zero attached hydrogens (tertiary/aromatic N) is 3. The lowest BCUT2D eigenvalue weighted by molar-refractivity contribution is -0.122. The molecule has 3 aliphatic rings. The zero-order valence-electron chi connectivity index (χ0n) is 20.5. The van der Waals surface area contributed by atoms with Crippen LogP contribution in [0.25, 0.3) is 0 Å². The van der Waals surface area contributed by atoms with E-state index < -0.39 is 6.17 Å². The number of methoxy groups -OCH3 is 2. The Labute approximate surface area is 209 Å². The highest BCUT2D eigenvalue weighted by molar-refractivity contribution is 6.18. The minimum atomic E-state index is -0.756. The van der Waals surface area contributed by atoms with Crippen LogP contribution in [-0.4, -0.2) is 87.7 Å². The van der Waals surface area contributed by atoms with Gasteiger partial charge in [0.2, 0.25) is 5.91 Å². The van der Waals surface area contributed by atoms with Crippen molar-refractivity contribution < 1.29 is 28.6 Å². The number of morpholine rings is 1. The monoisotopic (exact) mass is 494 g/mol. The fourth-order valence-electron chi connectivity index (χ4n) is 5.15. The molecule has 10 nitrogen and oxygen atoms in total. The van der Waals surface area contributed by atoms with Crippen molar-refractivity contribution in [3.05, 3.63) is 53.1 Å². The summed E-state index contributed by atoms with van der Waals surface area (Å²) < 4.78 is 16.3. The van der Waals surface area contributed by atoms with Crippen molar-refractivity contribution in [1.29, 1.82) is 0 Å². The number of benzene rings is 2. The van der Waals surface area contributed by atoms with Crippen LogP contribution in [0.15, 0.2) is 36.4 Å². The molecule has 0 spiro atoms. The Hall–Kier alpha value is -3.63. The topological polar surface area (TPSA) is 101 Å². The van der Waals surface area contributed by atoms with Crippen LogP contribution in [0.3, 0.4) is 0 Å². The maximum Gasteiger partial charge on any atom is 0.264 e. The van der Waals surface area contributed by atoms with Gasteiger partial charge < -0.3 is 24.4 Å². The molecule has 0 bridgehead atoms. The Morgan fingerprint density at radius 1 is 1.06 bits per heavy atom. The van der Waals surface area contributed by atoms with Crippen molar-refractivity contribution in [3.63, 3.8) is 0 Å². The number of fused-ring (bicyclic) bond motifs is 5. The summed E-state index contributed by atoms with van der Waals surface area (Å²) in [5.41, 5.74) is 1.82. The smallest absolute Gasteiger partial charge is 0.264 e. The molecule has 36 heavy (non-hydrogen) atoms. The molecule has 1 atom stereocenters. The van der Waals surface area contributed by atoms with Crippen molar-refractivity contribution >= 4 is 23.4 Å². The summed E-state index contributed by atoms with van der Waals surface area (Å²) in [6.45, 7) is 4.47. The molecular formula is C26H30N4O6. The molecule has 0 aliphatic carbocycles. The van der Waals surface area contributed by atoms with Gasteiger partial charge in [-0.1, -0.05) is 18.2 Å². The number of rotatable bonds is 8. The maximum absolute atomic E-state index is 13.7. The van der Waals surface area contributed by atoms with E-state index in [-0.39, 0.29) is 24.3 Å². The van der Waals surface area contributed by atoms with E-state index in [1.165, 1.54) is 19.1 Å². The van der Waals surface area contributed by atoms with Crippen LogP contribution >= 0.6 is 0 Å². The summed E-state index contributed by atoms with van der Waals surface area (Å²) in [7, 11) is 2.98. The number of carbonyl (C=O) groups excluding carboxylic acids is 3. The van der Waals surface area contributed by atoms with Crippen LogP contribution in [0.2, 0.25) is 0 Å². The lowest BCUT2D eigenvalue weighted by atomic mass is 10.0. The highest BCUT2D eigenvalue weighted by Crippen LogP contribution is 2.49. The maximum atomic E-state index is 13.7. The average molecular weight is 495 g/mol. The third-order valence-corrected chi connectivity index (χ3v) is 6.87. The second-order valence-electron chi connectivity index (χ2n) is 8.92. The zero-order chi connectivity index (χ0) is 25.2. The molecule has 2 aromatic carbocycles. The molecule has 10 heteroatoms. The predicted octanol–water partition coefficient (Wildman–Crippen LogP) is 1.66. The van der Waals surface area contributed by atoms with Crippen LogP contribution in [0, 0.1) is 0 Å². The SMILES string of the molecule is COc1ccc2c(c1OC)C(=O)N1c3ccccc3C(=O)N(CC(=O)NCCCN3CCOCC3)[C@H]21. The number of amides is 3. The van der Waals surface area contributed by atoms with Gasteiger partial charge in [0.15, 0.2) is 11.5 Å². The van der Waals surface area contributed by atoms with E-state index in [0.29, 0.717) is 40.4 Å². The molecule has 3 amide bonds. The molecule has 1 N–H and O–H groups in total. The van der Waals surface area contributed by atoms with E-state index in [0.717, 1.165) is 39.3 Å². The number of nitrogens with one attached hydrogen (secondary N) is 1. The third kappa shape index (κ3) is 4.16. The summed E-state index contributed by atoms with van der Waals surface area (Å²) in [5, 5.41) is 2.93. The van der Waals surface area contributed by atoms with E-state index in [1.54, 1.807) is 41.3 Å². The largest absolute Gasteiger partial charge is 0.493 e. The fourth-order valence-corrected chi connectivity index (χ4v) is 5.15. The van der Waals surface area contributed by atoms with Crippen molar-refractivity contribution in [2.24, 2.45) is 0 Å². The van der Waals surface area contributed by atoms with Gasteiger partial charge in [-0.15, -0.1) is 0 Å². The second-order valence-corrected chi connectivity index (χ2v) is 8.92. The van der Waals surface area contributed by atoms with Gasteiger partial charge in [-0.25, -0.2) is 0 Å². The second kappa shape index (κ2) is 10.2. The van der Waals surface area contributed by atoms with Crippen LogP contribution in [0.1, 0.15) is 38.9 Å². The van der Waals surface area contributed by atoms with Gasteiger partial charge in [0.25, 0.3) is 11.8 Å². The van der Waals surface area contributed by atoms with Gasteiger partial charge in [-0.3, -0.25) is 24.2 Å². The first kappa shape index (κ1) is 24.1. The summed E-state index contributed by atoms with van der Waals surface area (Å²) in [4.78, 5) is 45.5. The first-order chi connectivity index (χ1) is 17.5. The van der Waals surface area contributed by atoms with Crippen molar-refractivity contribution in [3.8, 4) is 11.5 Å². The van der Waals surface area contributed by atoms with Gasteiger partial charge in [0, 0.05) is 25.2 Å². The Morgan fingerprint density at radius 2 is 1.83 bits per heavy atom. The zero-order valence-corrected chi connectivity index (χ0v) is 20.5. The minimum absolute atomic E-state index is 0.174. The highest BCUT2D eigenvalue weighted by atomic mass is 16.5. The molecule has 0 radical (unpaired) electrons. The molecule has 2 aromatic rings. The highest BCUT2D eigenvalue weighted by Gasteiger charge is 2.50. The van der Waals surface area contributed by atoms with Crippen molar-refractivity contribution in [1.82, 2.24) is 15.1 Å². The fraction of sp³-hybridized carbons (Fsp3) is 0.423. The van der Waals surface area contributed by atoms with Gasteiger partial charge in [0.1, 0.15) is 12.7 Å². The lowest BCUT2D eigenvalue weighted by Gasteiger charge is -2.40. The Kier molecular flexibility index (Phi) is 6.80. The Morgan fingerprint density at radius 3 is 2.58 bits per heavy atom. The standard InChI is InChI=1S/C26H30N4O6/c1-34-20-9-8-18-22(23(20)35-2)26(33)30-19-7-4-3-6-17(19)25(32)29(24(18)30)16-21(31)27-10-5-11-28-12-14-36-15-13-28/h3-4,6-9,24H,5,10-16H2,1-2H3,(H,27,31)/t24-/m0/s1. The van der Waals surface area contributed by atoms with E-state index in [1.807, 2.05) is 0 Å². The molecule has 1 fully saturated rings. The van der Waals surface area contributed by atoms with E-state index >= 15 is 0 Å². The molecule has 0 unspecified atom stereocenters. The lowest BCUT2D eigenvalue weighted by Crippen LogP contribution is -2.51. The van der Waals surface area contributed by atoms with Crippen LogP contribution < -0.4 is 19.7 Å². The number of ether oxygens (including phenoxy) is 3. The molecule has 3 aliphatic heterocycles. The van der Waals surface area contributed by atoms with Crippen LogP contribution in [0.4, 0.5) is 5.69 Å². The number of para-hydroxylation sites is 1. The van der Waals surface area contributed by atoms with Gasteiger partial charge in [-0.05, 0) is 31.2 Å². The Bertz CT molecular complexity index is 1180. The van der Waals surface area contributed by atoms with Gasteiger partial charge in [0.05, 0.1) is 44.2 Å². The number of hydrogen-bond acceptors (Lipinski definition) is 7. The summed E-state index contributed by atoms with van der Waals surface area (Å²) in [6, 6.07) is 10.4. The third-order valence-electron chi connectivity index (χ3n) is 6.87. The molecule has 190 valence electrons. The van der Waals surface area contributed by atoms with Crippen molar-refractivity contribution in [2.75, 3.05) is 65.1 Å². The van der Waals surface area contributed by atoms with Gasteiger partial charge in [-0.2, -0.15) is 0 Å². The first-order valence-electron chi connectivity index (χ1n) is 12.1. The van der Waals surface area contributed by atoms with Crippen molar-refractivity contribution in [2.45, 2.75) is 12.6 Å². The van der Waals surface area contributed by atoms with E-state index in [9.17, 15) is 14.4 Å². The van der Waals surface area contributed by atoms with Crippen LogP contribution in [0.5, 0.6) is 11.5 Å². The molecule has 5 rings (SSSR count). The number of carbonyl (C=O) groups is 3.